The van der Waals surface area contributed by atoms with E-state index in [1.165, 1.54) is 0 Å². The van der Waals surface area contributed by atoms with E-state index in [1.807, 2.05) is 24.3 Å². The van der Waals surface area contributed by atoms with Gasteiger partial charge in [-0.25, -0.2) is 18.4 Å². The van der Waals surface area contributed by atoms with Crippen LogP contribution in [0.5, 0.6) is 0 Å². The van der Waals surface area contributed by atoms with Crippen LogP contribution in [0.2, 0.25) is 0 Å². The van der Waals surface area contributed by atoms with Crippen LogP contribution in [0.3, 0.4) is 0 Å². The Kier molecular flexibility index (Phi) is 7.09. The minimum Gasteiger partial charge on any atom is -0.382 e. The summed E-state index contributed by atoms with van der Waals surface area (Å²) in [6.07, 6.45) is 10.4. The van der Waals surface area contributed by atoms with E-state index in [2.05, 4.69) is 33.9 Å². The zero-order chi connectivity index (χ0) is 24.4. The van der Waals surface area contributed by atoms with Gasteiger partial charge in [-0.05, 0) is 51.3 Å². The predicted molar refractivity (Wildman–Crippen MR) is 142 cm³/mol. The number of hydrogen-bond donors (Lipinski definition) is 2. The van der Waals surface area contributed by atoms with Gasteiger partial charge in [-0.15, -0.1) is 0 Å². The Bertz CT molecular complexity index is 1320. The Morgan fingerprint density at radius 2 is 1.91 bits per heavy atom. The Hall–Kier alpha value is -2.49. The van der Waals surface area contributed by atoms with E-state index >= 15 is 0 Å². The highest BCUT2D eigenvalue weighted by Crippen LogP contribution is 2.33. The molecule has 0 spiro atoms. The smallest absolute Gasteiger partial charge is 0.217 e. The molecule has 1 aliphatic carbocycles. The van der Waals surface area contributed by atoms with Gasteiger partial charge in [0.05, 0.1) is 16.3 Å². The molecule has 0 unspecified atom stereocenters. The molecule has 1 aromatic carbocycles. The number of para-hydroxylation sites is 1. The van der Waals surface area contributed by atoms with Crippen LogP contribution < -0.4 is 11.1 Å². The zero-order valence-corrected chi connectivity index (χ0v) is 21.3. The fourth-order valence-electron chi connectivity index (χ4n) is 5.10. The lowest BCUT2D eigenvalue weighted by Gasteiger charge is -2.33. The Labute approximate surface area is 207 Å². The van der Waals surface area contributed by atoms with Gasteiger partial charge in [-0.2, -0.15) is 4.31 Å². The monoisotopic (exact) mass is 496 g/mol. The number of nitrogen functional groups attached to an aromatic ring is 1. The first-order valence-corrected chi connectivity index (χ1v) is 14.4. The second-order valence-corrected chi connectivity index (χ2v) is 11.9. The molecular weight excluding hydrogens is 460 g/mol. The van der Waals surface area contributed by atoms with Crippen molar-refractivity contribution in [2.24, 2.45) is 0 Å². The molecule has 1 aliphatic heterocycles. The van der Waals surface area contributed by atoms with E-state index in [1.54, 1.807) is 4.31 Å². The second-order valence-electron chi connectivity index (χ2n) is 9.72. The molecule has 0 bridgehead atoms. The van der Waals surface area contributed by atoms with Crippen molar-refractivity contribution >= 4 is 37.8 Å². The minimum absolute atomic E-state index is 0.0792. The molecule has 9 heteroatoms. The summed E-state index contributed by atoms with van der Waals surface area (Å²) in [5, 5.41) is 4.19. The molecule has 3 heterocycles. The number of rotatable bonds is 10. The van der Waals surface area contributed by atoms with Gasteiger partial charge < -0.3 is 15.6 Å². The number of fused-ring (bicyclic) bond motifs is 3. The van der Waals surface area contributed by atoms with Crippen molar-refractivity contribution in [2.45, 2.75) is 69.7 Å². The van der Waals surface area contributed by atoms with Gasteiger partial charge in [-0.1, -0.05) is 43.7 Å². The van der Waals surface area contributed by atoms with Crippen molar-refractivity contribution in [3.8, 4) is 0 Å². The molecule has 188 valence electrons. The fraction of sp³-hybridized carbons (Fsp3) is 0.538. The van der Waals surface area contributed by atoms with E-state index < -0.39 is 10.0 Å². The topological polar surface area (TPSA) is 106 Å². The maximum absolute atomic E-state index is 13.2. The van der Waals surface area contributed by atoms with Crippen LogP contribution >= 0.6 is 0 Å². The number of nitrogens with zero attached hydrogens (tertiary/aromatic N) is 4. The van der Waals surface area contributed by atoms with Crippen LogP contribution in [0.1, 0.15) is 51.3 Å². The Morgan fingerprint density at radius 1 is 1.14 bits per heavy atom. The summed E-state index contributed by atoms with van der Waals surface area (Å²) in [7, 11) is -3.24. The van der Waals surface area contributed by atoms with Crippen molar-refractivity contribution in [1.82, 2.24) is 24.2 Å². The average molecular weight is 497 g/mol. The highest BCUT2D eigenvalue weighted by Gasteiger charge is 2.42. The molecule has 0 atom stereocenters. The first-order valence-electron chi connectivity index (χ1n) is 12.9. The molecule has 2 fully saturated rings. The van der Waals surface area contributed by atoms with Gasteiger partial charge in [-0.3, -0.25) is 0 Å². The van der Waals surface area contributed by atoms with Gasteiger partial charge in [0.2, 0.25) is 10.0 Å². The normalized spacial score (nSPS) is 17.9. The Balaban J connectivity index is 1.44. The standard InChI is InChI=1S/C26H36N6O2S/c1-2-3-10-23-30-24-25(21-8-4-5-9-22(21)29-26(24)27)31(23)17-6-7-18-32(19-13-15-28-16-14-19)35(33,34)20-11-12-20/h4-9,19-20,28H,2-3,10-18H2,1H3,(H2,27,29)/b7-6+. The molecule has 2 aromatic heterocycles. The van der Waals surface area contributed by atoms with E-state index in [9.17, 15) is 8.42 Å². The second kappa shape index (κ2) is 10.2. The van der Waals surface area contributed by atoms with Crippen LogP contribution in [-0.4, -0.2) is 58.2 Å². The predicted octanol–water partition coefficient (Wildman–Crippen LogP) is 3.61. The van der Waals surface area contributed by atoms with Crippen molar-refractivity contribution in [3.63, 3.8) is 0 Å². The van der Waals surface area contributed by atoms with Crippen LogP contribution in [0.15, 0.2) is 36.4 Å². The van der Waals surface area contributed by atoms with Crippen LogP contribution in [0, 0.1) is 0 Å². The summed E-state index contributed by atoms with van der Waals surface area (Å²) in [4.78, 5) is 9.45. The molecule has 0 radical (unpaired) electrons. The summed E-state index contributed by atoms with van der Waals surface area (Å²) < 4.78 is 30.4. The number of sulfonamides is 1. The van der Waals surface area contributed by atoms with Gasteiger partial charge in [0.15, 0.2) is 5.82 Å². The van der Waals surface area contributed by atoms with Gasteiger partial charge in [0.1, 0.15) is 11.3 Å². The van der Waals surface area contributed by atoms with E-state index in [4.69, 9.17) is 10.7 Å². The number of unbranched alkanes of at least 4 members (excludes halogenated alkanes) is 1. The number of anilines is 1. The molecule has 3 N–H and O–H groups in total. The van der Waals surface area contributed by atoms with Crippen LogP contribution in [0.25, 0.3) is 21.9 Å². The third kappa shape index (κ3) is 4.94. The van der Waals surface area contributed by atoms with E-state index in [0.717, 1.165) is 85.8 Å². The van der Waals surface area contributed by atoms with Crippen molar-refractivity contribution in [3.05, 3.63) is 42.2 Å². The maximum atomic E-state index is 13.2. The highest BCUT2D eigenvalue weighted by molar-refractivity contribution is 7.90. The minimum atomic E-state index is -3.24. The summed E-state index contributed by atoms with van der Waals surface area (Å²) in [5.41, 5.74) is 8.92. The van der Waals surface area contributed by atoms with Gasteiger partial charge in [0, 0.05) is 30.9 Å². The maximum Gasteiger partial charge on any atom is 0.217 e. The molecule has 5 rings (SSSR count). The van der Waals surface area contributed by atoms with Crippen molar-refractivity contribution in [1.29, 1.82) is 0 Å². The number of imidazole rings is 1. The largest absolute Gasteiger partial charge is 0.382 e. The summed E-state index contributed by atoms with van der Waals surface area (Å²) >= 11 is 0. The number of pyridine rings is 1. The quantitative estimate of drug-likeness (QED) is 0.415. The molecule has 1 saturated heterocycles. The molecule has 2 aliphatic rings. The lowest BCUT2D eigenvalue weighted by molar-refractivity contribution is 0.278. The van der Waals surface area contributed by atoms with Crippen molar-refractivity contribution < 1.29 is 8.42 Å². The zero-order valence-electron chi connectivity index (χ0n) is 20.5. The van der Waals surface area contributed by atoms with Gasteiger partial charge >= 0.3 is 0 Å². The molecule has 0 amide bonds. The number of aromatic nitrogens is 3. The first kappa shape index (κ1) is 24.2. The number of benzene rings is 1. The molecule has 35 heavy (non-hydrogen) atoms. The summed E-state index contributed by atoms with van der Waals surface area (Å²) in [6.45, 7) is 4.95. The first-order chi connectivity index (χ1) is 17.0. The average Bonchev–Trinajstić information content (AvgIpc) is 3.66. The summed E-state index contributed by atoms with van der Waals surface area (Å²) in [6, 6.07) is 8.10. The molecule has 8 nitrogen and oxygen atoms in total. The molecular formula is C26H36N6O2S. The highest BCUT2D eigenvalue weighted by atomic mass is 32.2. The lowest BCUT2D eigenvalue weighted by atomic mass is 10.1. The molecule has 1 saturated carbocycles. The Morgan fingerprint density at radius 3 is 2.66 bits per heavy atom. The van der Waals surface area contributed by atoms with Crippen LogP contribution in [-0.2, 0) is 23.0 Å². The number of aryl methyl sites for hydroxylation is 1. The number of allylic oxidation sites excluding steroid dienone is 1. The SMILES string of the molecule is CCCCc1nc2c(N)nc3ccccc3c2n1C/C=C/CN(C1CCNCC1)S(=O)(=O)C1CC1. The third-order valence-electron chi connectivity index (χ3n) is 7.17. The van der Waals surface area contributed by atoms with Crippen molar-refractivity contribution in [2.75, 3.05) is 25.4 Å². The number of nitrogens with one attached hydrogen (secondary N) is 1. The third-order valence-corrected chi connectivity index (χ3v) is 9.59. The van der Waals surface area contributed by atoms with E-state index in [0.29, 0.717) is 18.9 Å². The number of piperidine rings is 1. The summed E-state index contributed by atoms with van der Waals surface area (Å²) in [5.74, 6) is 1.45. The van der Waals surface area contributed by atoms with Crippen LogP contribution in [0.4, 0.5) is 5.82 Å². The lowest BCUT2D eigenvalue weighted by Crippen LogP contribution is -2.47. The number of nitrogens with two attached hydrogens (primary N) is 1. The number of hydrogen-bond acceptors (Lipinski definition) is 6. The van der Waals surface area contributed by atoms with Gasteiger partial charge in [0.25, 0.3) is 0 Å². The van der Waals surface area contributed by atoms with E-state index in [-0.39, 0.29) is 11.3 Å². The molecule has 3 aromatic rings. The fourth-order valence-corrected chi connectivity index (χ4v) is 7.13.